The average molecular weight is 436 g/mol. The minimum atomic E-state index is -0.905. The molecule has 7 heteroatoms. The number of halogens is 1. The van der Waals surface area contributed by atoms with Crippen molar-refractivity contribution >= 4 is 40.0 Å². The zero-order valence-corrected chi connectivity index (χ0v) is 15.9. The molecule has 0 spiro atoms. The van der Waals surface area contributed by atoms with Crippen LogP contribution in [0.5, 0.6) is 0 Å². The summed E-state index contributed by atoms with van der Waals surface area (Å²) in [6, 6.07) is 0.215. The molecule has 1 aliphatic carbocycles. The fourth-order valence-corrected chi connectivity index (χ4v) is 4.67. The van der Waals surface area contributed by atoms with Crippen LogP contribution in [0.2, 0.25) is 0 Å². The summed E-state index contributed by atoms with van der Waals surface area (Å²) in [6.45, 7) is 5.81. The van der Waals surface area contributed by atoms with Crippen LogP contribution >= 0.6 is 33.9 Å². The lowest BCUT2D eigenvalue weighted by Crippen LogP contribution is -2.63. The van der Waals surface area contributed by atoms with E-state index in [1.807, 2.05) is 24.1 Å². The van der Waals surface area contributed by atoms with Crippen LogP contribution in [-0.4, -0.2) is 36.8 Å². The van der Waals surface area contributed by atoms with E-state index < -0.39 is 9.21 Å². The first-order valence-corrected chi connectivity index (χ1v) is 9.58. The average Bonchev–Trinajstić information content (AvgIpc) is 2.99. The van der Waals surface area contributed by atoms with E-state index in [4.69, 9.17) is 4.74 Å². The lowest BCUT2D eigenvalue weighted by atomic mass is 9.81. The number of alkyl halides is 1. The predicted octanol–water partition coefficient (Wildman–Crippen LogP) is 3.51. The van der Waals surface area contributed by atoms with Crippen molar-refractivity contribution in [2.24, 2.45) is 5.92 Å². The normalized spacial score (nSPS) is 34.2. The van der Waals surface area contributed by atoms with Crippen molar-refractivity contribution < 1.29 is 14.6 Å². The molecule has 4 unspecified atom stereocenters. The Bertz CT molecular complexity index is 560. The Morgan fingerprint density at radius 1 is 1.64 bits per heavy atom. The second kappa shape index (κ2) is 5.59. The molecule has 0 bridgehead atoms. The summed E-state index contributed by atoms with van der Waals surface area (Å²) in [7, 11) is 0. The van der Waals surface area contributed by atoms with Gasteiger partial charge in [0, 0.05) is 29.8 Å². The maximum absolute atomic E-state index is 12.5. The van der Waals surface area contributed by atoms with E-state index in [2.05, 4.69) is 34.5 Å². The zero-order chi connectivity index (χ0) is 16.1. The summed E-state index contributed by atoms with van der Waals surface area (Å²) in [5.74, 6) is 0.335. The van der Waals surface area contributed by atoms with Crippen LogP contribution in [-0.2, 0) is 10.3 Å². The molecule has 1 aliphatic heterocycles. The molecular weight excluding hydrogens is 415 g/mol. The second-order valence-electron chi connectivity index (χ2n) is 6.66. The van der Waals surface area contributed by atoms with Crippen molar-refractivity contribution in [3.8, 4) is 0 Å². The predicted molar refractivity (Wildman–Crippen MR) is 93.0 cm³/mol. The molecule has 1 aromatic heterocycles. The minimum absolute atomic E-state index is 0.0582. The zero-order valence-electron chi connectivity index (χ0n) is 13.0. The van der Waals surface area contributed by atoms with Gasteiger partial charge in [0.05, 0.1) is 11.2 Å². The summed E-state index contributed by atoms with van der Waals surface area (Å²) in [6.07, 6.45) is 1.84. The van der Waals surface area contributed by atoms with Crippen LogP contribution < -0.4 is 0 Å². The van der Waals surface area contributed by atoms with Crippen LogP contribution in [0.4, 0.5) is 4.79 Å². The first-order valence-electron chi connectivity index (χ1n) is 7.56. The molecule has 2 heterocycles. The van der Waals surface area contributed by atoms with Gasteiger partial charge in [-0.2, -0.15) is 0 Å². The quantitative estimate of drug-likeness (QED) is 0.582. The molecule has 1 saturated carbocycles. The highest BCUT2D eigenvalue weighted by molar-refractivity contribution is 14.1. The molecule has 1 saturated heterocycles. The third-order valence-electron chi connectivity index (χ3n) is 4.69. The third-order valence-corrected chi connectivity index (χ3v) is 5.50. The number of likely N-dealkylation sites (tertiary alicyclic amines) is 1. The maximum atomic E-state index is 12.5. The van der Waals surface area contributed by atoms with Crippen molar-refractivity contribution in [3.05, 3.63) is 16.6 Å². The number of hydrogen-bond acceptors (Lipinski definition) is 5. The molecule has 2 fully saturated rings. The van der Waals surface area contributed by atoms with Gasteiger partial charge < -0.3 is 14.7 Å². The van der Waals surface area contributed by atoms with E-state index in [-0.39, 0.29) is 18.2 Å². The van der Waals surface area contributed by atoms with Gasteiger partial charge in [-0.25, -0.2) is 9.78 Å². The molecule has 5 nitrogen and oxygen atoms in total. The SMILES string of the molecule is CCC1C2CC(O)(c3cscn3)CC2N1C(=O)OC(C)(C)I. The van der Waals surface area contributed by atoms with Gasteiger partial charge in [-0.1, -0.05) is 6.92 Å². The topological polar surface area (TPSA) is 62.7 Å². The molecule has 2 aliphatic rings. The molecule has 3 rings (SSSR count). The van der Waals surface area contributed by atoms with Gasteiger partial charge in [-0.05, 0) is 49.3 Å². The standard InChI is InChI=1S/C15H21IN2O3S/c1-4-10-9-5-15(20,12-7-22-8-17-12)6-11(9)18(10)13(19)21-14(2,3)16/h7-11,20H,4-6H2,1-3H3. The molecule has 1 aromatic rings. The van der Waals surface area contributed by atoms with E-state index in [9.17, 15) is 9.90 Å². The fourth-order valence-electron chi connectivity index (χ4n) is 3.84. The van der Waals surface area contributed by atoms with Gasteiger partial charge in [0.15, 0.2) is 3.61 Å². The number of rotatable bonds is 3. The highest BCUT2D eigenvalue weighted by Gasteiger charge is 2.61. The first-order chi connectivity index (χ1) is 10.2. The van der Waals surface area contributed by atoms with Crippen molar-refractivity contribution in [2.75, 3.05) is 0 Å². The van der Waals surface area contributed by atoms with Crippen molar-refractivity contribution in [3.63, 3.8) is 0 Å². The fraction of sp³-hybridized carbons (Fsp3) is 0.733. The monoisotopic (exact) mass is 436 g/mol. The Balaban J connectivity index is 1.77. The summed E-state index contributed by atoms with van der Waals surface area (Å²) >= 11 is 3.60. The summed E-state index contributed by atoms with van der Waals surface area (Å²) in [5, 5.41) is 12.8. The Labute approximate surface area is 148 Å². The Hall–Kier alpha value is -0.410. The summed E-state index contributed by atoms with van der Waals surface area (Å²) in [4.78, 5) is 18.6. The van der Waals surface area contributed by atoms with Crippen LogP contribution in [0.25, 0.3) is 0 Å². The van der Waals surface area contributed by atoms with E-state index in [1.165, 1.54) is 11.3 Å². The minimum Gasteiger partial charge on any atom is -0.433 e. The van der Waals surface area contributed by atoms with Crippen LogP contribution in [0.3, 0.4) is 0 Å². The summed E-state index contributed by atoms with van der Waals surface area (Å²) in [5.41, 5.74) is 1.58. The van der Waals surface area contributed by atoms with Gasteiger partial charge in [0.1, 0.15) is 5.60 Å². The molecule has 122 valence electrons. The number of aliphatic hydroxyl groups is 1. The maximum Gasteiger partial charge on any atom is 0.411 e. The number of fused-ring (bicyclic) bond motifs is 1. The number of nitrogens with zero attached hydrogens (tertiary/aromatic N) is 2. The number of thiazole rings is 1. The van der Waals surface area contributed by atoms with Gasteiger partial charge in [-0.3, -0.25) is 0 Å². The number of aromatic nitrogens is 1. The molecular formula is C15H21IN2O3S. The Morgan fingerprint density at radius 3 is 2.91 bits per heavy atom. The van der Waals surface area contributed by atoms with E-state index >= 15 is 0 Å². The van der Waals surface area contributed by atoms with Crippen molar-refractivity contribution in [1.29, 1.82) is 0 Å². The van der Waals surface area contributed by atoms with Crippen LogP contribution in [0.1, 0.15) is 45.7 Å². The van der Waals surface area contributed by atoms with Gasteiger partial charge in [-0.15, -0.1) is 11.3 Å². The molecule has 22 heavy (non-hydrogen) atoms. The van der Waals surface area contributed by atoms with Gasteiger partial charge in [0.2, 0.25) is 0 Å². The lowest BCUT2D eigenvalue weighted by Gasteiger charge is -2.51. The Morgan fingerprint density at radius 2 is 2.36 bits per heavy atom. The van der Waals surface area contributed by atoms with E-state index in [0.29, 0.717) is 18.8 Å². The smallest absolute Gasteiger partial charge is 0.411 e. The number of hydrogen-bond donors (Lipinski definition) is 1. The molecule has 1 amide bonds. The highest BCUT2D eigenvalue weighted by atomic mass is 127. The molecule has 0 aromatic carbocycles. The van der Waals surface area contributed by atoms with Gasteiger partial charge in [0.25, 0.3) is 0 Å². The largest absolute Gasteiger partial charge is 0.433 e. The van der Waals surface area contributed by atoms with Crippen molar-refractivity contribution in [2.45, 2.75) is 61.3 Å². The van der Waals surface area contributed by atoms with Gasteiger partial charge >= 0.3 is 6.09 Å². The number of ether oxygens (including phenoxy) is 1. The molecule has 0 radical (unpaired) electrons. The molecule has 4 atom stereocenters. The van der Waals surface area contributed by atoms with Crippen LogP contribution in [0, 0.1) is 5.92 Å². The number of carbonyl (C=O) groups excluding carboxylic acids is 1. The third kappa shape index (κ3) is 2.75. The van der Waals surface area contributed by atoms with E-state index in [1.54, 1.807) is 5.51 Å². The Kier molecular flexibility index (Phi) is 4.18. The highest BCUT2D eigenvalue weighted by Crippen LogP contribution is 2.53. The number of amides is 1. The second-order valence-corrected chi connectivity index (χ2v) is 9.98. The number of carbonyl (C=O) groups is 1. The first kappa shape index (κ1) is 16.4. The van der Waals surface area contributed by atoms with E-state index in [0.717, 1.165) is 12.1 Å². The lowest BCUT2D eigenvalue weighted by molar-refractivity contribution is -0.0433. The van der Waals surface area contributed by atoms with Crippen molar-refractivity contribution in [1.82, 2.24) is 9.88 Å². The van der Waals surface area contributed by atoms with Crippen LogP contribution in [0.15, 0.2) is 10.9 Å². The summed E-state index contributed by atoms with van der Waals surface area (Å²) < 4.78 is 4.99. The molecule has 1 N–H and O–H groups in total.